The summed E-state index contributed by atoms with van der Waals surface area (Å²) < 4.78 is 13.4. The van der Waals surface area contributed by atoms with Gasteiger partial charge in [0.25, 0.3) is 5.69 Å². The van der Waals surface area contributed by atoms with E-state index in [4.69, 9.17) is 11.6 Å². The lowest BCUT2D eigenvalue weighted by Crippen LogP contribution is -2.05. The van der Waals surface area contributed by atoms with Crippen LogP contribution in [0.15, 0.2) is 24.4 Å². The van der Waals surface area contributed by atoms with Crippen LogP contribution in [0, 0.1) is 22.9 Å². The molecule has 1 heterocycles. The molecule has 20 heavy (non-hydrogen) atoms. The number of nitro benzene ring substituents is 1. The summed E-state index contributed by atoms with van der Waals surface area (Å²) >= 11 is 5.54. The van der Waals surface area contributed by atoms with Crippen molar-refractivity contribution in [1.82, 2.24) is 9.97 Å². The lowest BCUT2D eigenvalue weighted by atomic mass is 10.2. The molecule has 0 aliphatic heterocycles. The maximum absolute atomic E-state index is 13.4. The van der Waals surface area contributed by atoms with Gasteiger partial charge in [-0.2, -0.15) is 0 Å². The number of halogens is 2. The highest BCUT2D eigenvalue weighted by atomic mass is 35.5. The molecule has 0 radical (unpaired) electrons. The molecule has 6 nitrogen and oxygen atoms in total. The van der Waals surface area contributed by atoms with E-state index in [1.54, 1.807) is 19.2 Å². The molecule has 0 amide bonds. The Balaban J connectivity index is 2.24. The summed E-state index contributed by atoms with van der Waals surface area (Å²) in [5, 5.41) is 13.4. The van der Waals surface area contributed by atoms with Gasteiger partial charge in [-0.3, -0.25) is 10.1 Å². The van der Waals surface area contributed by atoms with E-state index < -0.39 is 10.7 Å². The standard InChI is InChI=1S/C12H10ClFN4O2/c1-7-15-3-2-8(17-7)6-16-11-5-10(14)9(13)4-12(11)18(19)20/h2-5,16H,6H2,1H3. The predicted octanol–water partition coefficient (Wildman–Crippen LogP) is 3.10. The summed E-state index contributed by atoms with van der Waals surface area (Å²) in [5.74, 6) is -0.139. The molecule has 1 aromatic carbocycles. The maximum Gasteiger partial charge on any atom is 0.294 e. The monoisotopic (exact) mass is 296 g/mol. The van der Waals surface area contributed by atoms with Crippen LogP contribution in [0.2, 0.25) is 5.02 Å². The predicted molar refractivity (Wildman–Crippen MR) is 72.2 cm³/mol. The molecule has 104 valence electrons. The molecular formula is C12H10ClFN4O2. The number of hydrogen-bond donors (Lipinski definition) is 1. The summed E-state index contributed by atoms with van der Waals surface area (Å²) in [5.41, 5.74) is 0.400. The fourth-order valence-electron chi connectivity index (χ4n) is 1.62. The number of nitro groups is 1. The summed E-state index contributed by atoms with van der Waals surface area (Å²) in [6, 6.07) is 3.64. The van der Waals surface area contributed by atoms with E-state index >= 15 is 0 Å². The number of aromatic nitrogens is 2. The molecule has 0 aliphatic rings. The third-order valence-electron chi connectivity index (χ3n) is 2.53. The van der Waals surface area contributed by atoms with Crippen molar-refractivity contribution in [3.05, 3.63) is 56.9 Å². The van der Waals surface area contributed by atoms with Gasteiger partial charge >= 0.3 is 0 Å². The summed E-state index contributed by atoms with van der Waals surface area (Å²) in [6.45, 7) is 1.94. The van der Waals surface area contributed by atoms with Crippen molar-refractivity contribution >= 4 is 23.0 Å². The second-order valence-electron chi connectivity index (χ2n) is 3.99. The molecule has 0 atom stereocenters. The molecule has 1 aromatic heterocycles. The highest BCUT2D eigenvalue weighted by molar-refractivity contribution is 6.31. The van der Waals surface area contributed by atoms with Crippen molar-refractivity contribution in [3.63, 3.8) is 0 Å². The van der Waals surface area contributed by atoms with E-state index in [2.05, 4.69) is 15.3 Å². The fourth-order valence-corrected chi connectivity index (χ4v) is 1.78. The quantitative estimate of drug-likeness (QED) is 0.692. The molecule has 0 unspecified atom stereocenters. The number of rotatable bonds is 4. The zero-order valence-electron chi connectivity index (χ0n) is 10.4. The first kappa shape index (κ1) is 14.1. The van der Waals surface area contributed by atoms with E-state index in [9.17, 15) is 14.5 Å². The first-order chi connectivity index (χ1) is 9.47. The van der Waals surface area contributed by atoms with Crippen LogP contribution in [0.1, 0.15) is 11.5 Å². The number of nitrogens with one attached hydrogen (secondary N) is 1. The average Bonchev–Trinajstić information content (AvgIpc) is 2.39. The van der Waals surface area contributed by atoms with Crippen LogP contribution in [0.25, 0.3) is 0 Å². The number of aryl methyl sites for hydroxylation is 1. The van der Waals surface area contributed by atoms with Crippen molar-refractivity contribution in [1.29, 1.82) is 0 Å². The fraction of sp³-hybridized carbons (Fsp3) is 0.167. The van der Waals surface area contributed by atoms with Crippen LogP contribution in [0.3, 0.4) is 0 Å². The van der Waals surface area contributed by atoms with Crippen molar-refractivity contribution in [3.8, 4) is 0 Å². The molecule has 0 aliphatic carbocycles. The summed E-state index contributed by atoms with van der Waals surface area (Å²) in [6.07, 6.45) is 1.58. The van der Waals surface area contributed by atoms with Crippen molar-refractivity contribution in [2.24, 2.45) is 0 Å². The third-order valence-corrected chi connectivity index (χ3v) is 2.82. The average molecular weight is 297 g/mol. The molecule has 1 N–H and O–H groups in total. The summed E-state index contributed by atoms with van der Waals surface area (Å²) in [4.78, 5) is 18.4. The van der Waals surface area contributed by atoms with Crippen LogP contribution >= 0.6 is 11.6 Å². The van der Waals surface area contributed by atoms with Crippen LogP contribution in [0.4, 0.5) is 15.8 Å². The van der Waals surface area contributed by atoms with Gasteiger partial charge in [0, 0.05) is 18.3 Å². The van der Waals surface area contributed by atoms with Crippen molar-refractivity contribution in [2.75, 3.05) is 5.32 Å². The normalized spacial score (nSPS) is 10.3. The Morgan fingerprint density at radius 1 is 1.50 bits per heavy atom. The van der Waals surface area contributed by atoms with Crippen LogP contribution in [0.5, 0.6) is 0 Å². The highest BCUT2D eigenvalue weighted by Gasteiger charge is 2.17. The molecule has 2 aromatic rings. The number of benzene rings is 1. The van der Waals surface area contributed by atoms with Gasteiger partial charge in [0.05, 0.1) is 22.2 Å². The SMILES string of the molecule is Cc1nccc(CNc2cc(F)c(Cl)cc2[N+](=O)[O-])n1. The highest BCUT2D eigenvalue weighted by Crippen LogP contribution is 2.30. The van der Waals surface area contributed by atoms with Gasteiger partial charge in [0.15, 0.2) is 0 Å². The third kappa shape index (κ3) is 3.18. The van der Waals surface area contributed by atoms with E-state index in [0.717, 1.165) is 12.1 Å². The van der Waals surface area contributed by atoms with Crippen molar-refractivity contribution in [2.45, 2.75) is 13.5 Å². The van der Waals surface area contributed by atoms with Gasteiger partial charge in [-0.1, -0.05) is 11.6 Å². The van der Waals surface area contributed by atoms with Gasteiger partial charge < -0.3 is 5.32 Å². The van der Waals surface area contributed by atoms with Crippen molar-refractivity contribution < 1.29 is 9.31 Å². The molecule has 0 fully saturated rings. The van der Waals surface area contributed by atoms with Gasteiger partial charge in [-0.15, -0.1) is 0 Å². The Kier molecular flexibility index (Phi) is 4.09. The topological polar surface area (TPSA) is 81.0 Å². The number of hydrogen-bond acceptors (Lipinski definition) is 5. The number of anilines is 1. The molecule has 2 rings (SSSR count). The van der Waals surface area contributed by atoms with Gasteiger partial charge in [-0.05, 0) is 13.0 Å². The molecule has 0 bridgehead atoms. The second kappa shape index (κ2) is 5.79. The largest absolute Gasteiger partial charge is 0.374 e. The smallest absolute Gasteiger partial charge is 0.294 e. The Labute approximate surface area is 118 Å². The first-order valence-electron chi connectivity index (χ1n) is 5.63. The Morgan fingerprint density at radius 3 is 2.90 bits per heavy atom. The minimum absolute atomic E-state index is 0.0492. The van der Waals surface area contributed by atoms with Gasteiger partial charge in [-0.25, -0.2) is 14.4 Å². The minimum Gasteiger partial charge on any atom is -0.374 e. The van der Waals surface area contributed by atoms with Crippen LogP contribution in [-0.4, -0.2) is 14.9 Å². The number of nitrogens with zero attached hydrogens (tertiary/aromatic N) is 3. The Hall–Kier alpha value is -2.28. The lowest BCUT2D eigenvalue weighted by molar-refractivity contribution is -0.384. The molecule has 8 heteroatoms. The second-order valence-corrected chi connectivity index (χ2v) is 4.40. The lowest BCUT2D eigenvalue weighted by Gasteiger charge is -2.08. The van der Waals surface area contributed by atoms with E-state index in [1.807, 2.05) is 0 Å². The Bertz CT molecular complexity index is 666. The van der Waals surface area contributed by atoms with Gasteiger partial charge in [0.1, 0.15) is 17.3 Å². The minimum atomic E-state index is -0.723. The molecule has 0 saturated carbocycles. The van der Waals surface area contributed by atoms with E-state index in [-0.39, 0.29) is 22.9 Å². The van der Waals surface area contributed by atoms with E-state index in [1.165, 1.54) is 0 Å². The molecule has 0 spiro atoms. The maximum atomic E-state index is 13.4. The Morgan fingerprint density at radius 2 is 2.25 bits per heavy atom. The zero-order chi connectivity index (χ0) is 14.7. The summed E-state index contributed by atoms with van der Waals surface area (Å²) in [7, 11) is 0. The van der Waals surface area contributed by atoms with Crippen LogP contribution in [-0.2, 0) is 6.54 Å². The first-order valence-corrected chi connectivity index (χ1v) is 6.01. The molecular weight excluding hydrogens is 287 g/mol. The molecule has 0 saturated heterocycles. The van der Waals surface area contributed by atoms with Gasteiger partial charge in [0.2, 0.25) is 0 Å². The van der Waals surface area contributed by atoms with E-state index in [0.29, 0.717) is 11.5 Å². The van der Waals surface area contributed by atoms with Crippen LogP contribution < -0.4 is 5.32 Å². The zero-order valence-corrected chi connectivity index (χ0v) is 11.2.